The van der Waals surface area contributed by atoms with E-state index in [1.807, 2.05) is 53.9 Å². The number of hydrogen-bond acceptors (Lipinski definition) is 4. The first-order valence-electron chi connectivity index (χ1n) is 5.43. The van der Waals surface area contributed by atoms with E-state index in [-0.39, 0.29) is 0 Å². The molecule has 1 aromatic carbocycles. The van der Waals surface area contributed by atoms with Crippen molar-refractivity contribution in [3.8, 4) is 5.75 Å². The second-order valence-electron chi connectivity index (χ2n) is 3.36. The van der Waals surface area contributed by atoms with Crippen molar-refractivity contribution in [1.82, 2.24) is 0 Å². The Bertz CT molecular complexity index is 340. The number of para-hydroxylation sites is 1. The van der Waals surface area contributed by atoms with Gasteiger partial charge >= 0.3 is 0 Å². The molecular weight excluding hydrogens is 238 g/mol. The number of hydrogen-bond donors (Lipinski definition) is 0. The summed E-state index contributed by atoms with van der Waals surface area (Å²) in [4.78, 5) is 4.39. The monoisotopic (exact) mass is 253 g/mol. The maximum absolute atomic E-state index is 5.61. The third-order valence-corrected chi connectivity index (χ3v) is 4.42. The van der Waals surface area contributed by atoms with Crippen LogP contribution < -0.4 is 4.74 Å². The standard InChI is InChI=1S/C12H15NOS2/c1-2-5-11(6-3-1)14-8-4-9-15-12-13-7-10-16-12/h1-3,5-6H,4,7-10H2. The molecule has 86 valence electrons. The summed E-state index contributed by atoms with van der Waals surface area (Å²) in [5, 5.41) is 0. The van der Waals surface area contributed by atoms with Gasteiger partial charge in [-0.1, -0.05) is 41.7 Å². The van der Waals surface area contributed by atoms with Crippen molar-refractivity contribution in [1.29, 1.82) is 0 Å². The molecule has 16 heavy (non-hydrogen) atoms. The summed E-state index contributed by atoms with van der Waals surface area (Å²) in [6, 6.07) is 9.97. The van der Waals surface area contributed by atoms with Crippen LogP contribution in [0.5, 0.6) is 5.75 Å². The first kappa shape index (κ1) is 11.9. The van der Waals surface area contributed by atoms with E-state index in [9.17, 15) is 0 Å². The first-order valence-corrected chi connectivity index (χ1v) is 7.40. The molecule has 0 fully saturated rings. The summed E-state index contributed by atoms with van der Waals surface area (Å²) in [6.45, 7) is 1.78. The van der Waals surface area contributed by atoms with E-state index in [1.165, 1.54) is 4.38 Å². The van der Waals surface area contributed by atoms with Crippen molar-refractivity contribution in [3.63, 3.8) is 0 Å². The maximum Gasteiger partial charge on any atom is 0.124 e. The summed E-state index contributed by atoms with van der Waals surface area (Å²) in [6.07, 6.45) is 1.07. The highest BCUT2D eigenvalue weighted by molar-refractivity contribution is 8.39. The Hall–Kier alpha value is -0.610. The minimum atomic E-state index is 0.787. The molecule has 4 heteroatoms. The zero-order valence-electron chi connectivity index (χ0n) is 9.09. The molecule has 0 saturated carbocycles. The summed E-state index contributed by atoms with van der Waals surface area (Å²) < 4.78 is 6.86. The lowest BCUT2D eigenvalue weighted by molar-refractivity contribution is 0.319. The maximum atomic E-state index is 5.61. The molecular formula is C12H15NOS2. The Morgan fingerprint density at radius 3 is 2.94 bits per heavy atom. The molecule has 0 atom stereocenters. The van der Waals surface area contributed by atoms with Gasteiger partial charge in [-0.15, -0.1) is 0 Å². The molecule has 1 heterocycles. The minimum absolute atomic E-state index is 0.787. The van der Waals surface area contributed by atoms with E-state index in [0.29, 0.717) is 0 Å². The Morgan fingerprint density at radius 2 is 2.19 bits per heavy atom. The molecule has 1 aliphatic rings. The Morgan fingerprint density at radius 1 is 1.31 bits per heavy atom. The largest absolute Gasteiger partial charge is 0.494 e. The van der Waals surface area contributed by atoms with Crippen LogP contribution >= 0.6 is 23.5 Å². The van der Waals surface area contributed by atoms with Gasteiger partial charge in [0.15, 0.2) is 0 Å². The van der Waals surface area contributed by atoms with E-state index < -0.39 is 0 Å². The van der Waals surface area contributed by atoms with Gasteiger partial charge in [0.2, 0.25) is 0 Å². The van der Waals surface area contributed by atoms with Gasteiger partial charge in [-0.3, -0.25) is 4.99 Å². The SMILES string of the molecule is c1ccc(OCCCSC2=NCCS2)cc1. The fourth-order valence-electron chi connectivity index (χ4n) is 1.33. The predicted molar refractivity (Wildman–Crippen MR) is 73.8 cm³/mol. The molecule has 0 saturated heterocycles. The summed E-state index contributed by atoms with van der Waals surface area (Å²) in [7, 11) is 0. The third kappa shape index (κ3) is 4.10. The molecule has 1 aromatic rings. The van der Waals surface area contributed by atoms with Gasteiger partial charge in [0.1, 0.15) is 10.1 Å². The zero-order chi connectivity index (χ0) is 11.1. The van der Waals surface area contributed by atoms with Crippen LogP contribution in [0.25, 0.3) is 0 Å². The Labute approximate surface area is 105 Å². The third-order valence-electron chi connectivity index (χ3n) is 2.08. The first-order chi connectivity index (χ1) is 7.95. The molecule has 2 nitrogen and oxygen atoms in total. The van der Waals surface area contributed by atoms with Crippen molar-refractivity contribution in [2.45, 2.75) is 6.42 Å². The lowest BCUT2D eigenvalue weighted by Gasteiger charge is -2.05. The number of rotatable bonds is 5. The molecule has 0 aromatic heterocycles. The normalized spacial score (nSPS) is 14.9. The van der Waals surface area contributed by atoms with Gasteiger partial charge in [-0.2, -0.15) is 0 Å². The van der Waals surface area contributed by atoms with Crippen LogP contribution in [0.1, 0.15) is 6.42 Å². The second-order valence-corrected chi connectivity index (χ2v) is 5.79. The second kappa shape index (κ2) is 6.86. The lowest BCUT2D eigenvalue weighted by atomic mass is 10.3. The number of ether oxygens (including phenoxy) is 1. The van der Waals surface area contributed by atoms with E-state index >= 15 is 0 Å². The van der Waals surface area contributed by atoms with Crippen molar-refractivity contribution in [2.75, 3.05) is 24.7 Å². The van der Waals surface area contributed by atoms with Crippen LogP contribution in [-0.4, -0.2) is 29.0 Å². The van der Waals surface area contributed by atoms with E-state index in [4.69, 9.17) is 4.74 Å². The highest BCUT2D eigenvalue weighted by atomic mass is 32.2. The molecule has 0 unspecified atom stereocenters. The van der Waals surface area contributed by atoms with Crippen LogP contribution in [-0.2, 0) is 0 Å². The van der Waals surface area contributed by atoms with Gasteiger partial charge < -0.3 is 4.74 Å². The van der Waals surface area contributed by atoms with Crippen LogP contribution in [0, 0.1) is 0 Å². The zero-order valence-corrected chi connectivity index (χ0v) is 10.7. The number of thioether (sulfide) groups is 2. The fraction of sp³-hybridized carbons (Fsp3) is 0.417. The van der Waals surface area contributed by atoms with Crippen LogP contribution in [0.3, 0.4) is 0 Å². The van der Waals surface area contributed by atoms with E-state index in [1.54, 1.807) is 0 Å². The quantitative estimate of drug-likeness (QED) is 0.752. The molecule has 0 spiro atoms. The van der Waals surface area contributed by atoms with Gasteiger partial charge in [0, 0.05) is 11.5 Å². The molecule has 0 radical (unpaired) electrons. The Balaban J connectivity index is 1.55. The highest BCUT2D eigenvalue weighted by Gasteiger charge is 2.06. The smallest absolute Gasteiger partial charge is 0.124 e. The predicted octanol–water partition coefficient (Wildman–Crippen LogP) is 3.29. The average Bonchev–Trinajstić information content (AvgIpc) is 2.83. The van der Waals surface area contributed by atoms with Gasteiger partial charge in [0.05, 0.1) is 13.2 Å². The van der Waals surface area contributed by atoms with Crippen LogP contribution in [0.15, 0.2) is 35.3 Å². The van der Waals surface area contributed by atoms with E-state index in [2.05, 4.69) is 4.99 Å². The summed E-state index contributed by atoms with van der Waals surface area (Å²) >= 11 is 3.72. The lowest BCUT2D eigenvalue weighted by Crippen LogP contribution is -1.99. The van der Waals surface area contributed by atoms with Crippen molar-refractivity contribution in [2.24, 2.45) is 4.99 Å². The van der Waals surface area contributed by atoms with E-state index in [0.717, 1.165) is 36.8 Å². The molecule has 0 bridgehead atoms. The number of nitrogens with zero attached hydrogens (tertiary/aromatic N) is 1. The highest BCUT2D eigenvalue weighted by Crippen LogP contribution is 2.22. The molecule has 0 N–H and O–H groups in total. The molecule has 1 aliphatic heterocycles. The van der Waals surface area contributed by atoms with Gasteiger partial charge in [0.25, 0.3) is 0 Å². The number of aliphatic imine (C=N–C) groups is 1. The minimum Gasteiger partial charge on any atom is -0.494 e. The van der Waals surface area contributed by atoms with Crippen LogP contribution in [0.2, 0.25) is 0 Å². The average molecular weight is 253 g/mol. The molecule has 0 aliphatic carbocycles. The van der Waals surface area contributed by atoms with Crippen molar-refractivity contribution in [3.05, 3.63) is 30.3 Å². The topological polar surface area (TPSA) is 21.6 Å². The molecule has 0 amide bonds. The molecule has 2 rings (SSSR count). The van der Waals surface area contributed by atoms with Crippen molar-refractivity contribution >= 4 is 27.9 Å². The van der Waals surface area contributed by atoms with Gasteiger partial charge in [-0.25, -0.2) is 0 Å². The number of benzene rings is 1. The van der Waals surface area contributed by atoms with Crippen LogP contribution in [0.4, 0.5) is 0 Å². The van der Waals surface area contributed by atoms with Crippen molar-refractivity contribution < 1.29 is 4.74 Å². The van der Waals surface area contributed by atoms with Gasteiger partial charge in [-0.05, 0) is 18.6 Å². The Kier molecular flexibility index (Phi) is 5.09. The summed E-state index contributed by atoms with van der Waals surface area (Å²) in [5.41, 5.74) is 0. The summed E-state index contributed by atoms with van der Waals surface area (Å²) in [5.74, 6) is 3.21. The fourth-order valence-corrected chi connectivity index (χ4v) is 3.32.